The molecule has 4 nitrogen and oxygen atoms in total. The fourth-order valence-electron chi connectivity index (χ4n) is 2.20. The maximum absolute atomic E-state index is 4.65. The molecule has 1 unspecified atom stereocenters. The molecule has 16 heavy (non-hydrogen) atoms. The zero-order chi connectivity index (χ0) is 11.3. The third kappa shape index (κ3) is 1.37. The number of aromatic nitrogens is 3. The van der Waals surface area contributed by atoms with Crippen LogP contribution >= 0.6 is 0 Å². The summed E-state index contributed by atoms with van der Waals surface area (Å²) in [5.41, 5.74) is 4.07. The Balaban J connectivity index is 2.06. The third-order valence-corrected chi connectivity index (χ3v) is 3.20. The van der Waals surface area contributed by atoms with Crippen molar-refractivity contribution in [2.45, 2.75) is 33.2 Å². The molecule has 3 rings (SSSR count). The molecular weight excluding hydrogens is 200 g/mol. The molecule has 0 saturated carbocycles. The molecule has 1 aliphatic heterocycles. The quantitative estimate of drug-likeness (QED) is 0.768. The third-order valence-electron chi connectivity index (χ3n) is 3.20. The van der Waals surface area contributed by atoms with E-state index in [4.69, 9.17) is 0 Å². The number of H-pyrrole nitrogens is 1. The largest absolute Gasteiger partial charge is 0.365 e. The van der Waals surface area contributed by atoms with Crippen molar-refractivity contribution in [1.29, 1.82) is 0 Å². The highest BCUT2D eigenvalue weighted by Gasteiger charge is 2.26. The van der Waals surface area contributed by atoms with Crippen LogP contribution in [-0.2, 0) is 6.42 Å². The van der Waals surface area contributed by atoms with Gasteiger partial charge in [-0.25, -0.2) is 9.97 Å². The minimum absolute atomic E-state index is 0.475. The molecule has 1 aliphatic rings. The molecule has 0 amide bonds. The van der Waals surface area contributed by atoms with Gasteiger partial charge in [-0.05, 0) is 18.9 Å². The van der Waals surface area contributed by atoms with Gasteiger partial charge in [0.2, 0.25) is 0 Å². The maximum atomic E-state index is 4.65. The van der Waals surface area contributed by atoms with Gasteiger partial charge in [-0.1, -0.05) is 13.8 Å². The Morgan fingerprint density at radius 3 is 2.94 bits per heavy atom. The average Bonchev–Trinajstić information content (AvgIpc) is 2.74. The van der Waals surface area contributed by atoms with Crippen LogP contribution < -0.4 is 5.32 Å². The number of nitrogens with zero attached hydrogens (tertiary/aromatic N) is 2. The van der Waals surface area contributed by atoms with Crippen LogP contribution in [0.15, 0.2) is 6.07 Å². The van der Waals surface area contributed by atoms with Crippen molar-refractivity contribution in [2.24, 2.45) is 5.92 Å². The van der Waals surface area contributed by atoms with E-state index in [0.29, 0.717) is 12.0 Å². The van der Waals surface area contributed by atoms with Crippen LogP contribution in [0, 0.1) is 12.8 Å². The Morgan fingerprint density at radius 1 is 1.38 bits per heavy atom. The molecule has 2 aromatic heterocycles. The lowest BCUT2D eigenvalue weighted by Gasteiger charge is -2.13. The number of fused-ring (bicyclic) bond motifs is 2. The lowest BCUT2D eigenvalue weighted by atomic mass is 10.0. The highest BCUT2D eigenvalue weighted by atomic mass is 15.1. The van der Waals surface area contributed by atoms with Crippen LogP contribution in [0.3, 0.4) is 0 Å². The molecule has 84 valence electrons. The van der Waals surface area contributed by atoms with Crippen LogP contribution in [0.1, 0.15) is 25.2 Å². The summed E-state index contributed by atoms with van der Waals surface area (Å²) in [7, 11) is 0. The van der Waals surface area contributed by atoms with E-state index >= 15 is 0 Å². The SMILES string of the molecule is Cc1cc2nc3c(nc2[nH]1)NC(C(C)C)C3. The number of aryl methyl sites for hydroxylation is 1. The lowest BCUT2D eigenvalue weighted by molar-refractivity contribution is 0.535. The zero-order valence-electron chi connectivity index (χ0n) is 9.83. The monoisotopic (exact) mass is 216 g/mol. The van der Waals surface area contributed by atoms with Gasteiger partial charge in [0.05, 0.1) is 5.69 Å². The summed E-state index contributed by atoms with van der Waals surface area (Å²) in [6.45, 7) is 6.47. The van der Waals surface area contributed by atoms with Crippen molar-refractivity contribution in [3.05, 3.63) is 17.5 Å². The number of hydrogen-bond acceptors (Lipinski definition) is 3. The summed E-state index contributed by atoms with van der Waals surface area (Å²) >= 11 is 0. The zero-order valence-corrected chi connectivity index (χ0v) is 9.83. The fraction of sp³-hybridized carbons (Fsp3) is 0.500. The Kier molecular flexibility index (Phi) is 1.93. The lowest BCUT2D eigenvalue weighted by Crippen LogP contribution is -2.22. The summed E-state index contributed by atoms with van der Waals surface area (Å²) in [6, 6.07) is 2.52. The normalized spacial score (nSPS) is 19.1. The van der Waals surface area contributed by atoms with Gasteiger partial charge in [-0.15, -0.1) is 0 Å². The van der Waals surface area contributed by atoms with Crippen LogP contribution in [0.2, 0.25) is 0 Å². The Labute approximate surface area is 94.5 Å². The van der Waals surface area contributed by atoms with Gasteiger partial charge in [-0.2, -0.15) is 0 Å². The number of nitrogens with one attached hydrogen (secondary N) is 2. The molecule has 1 atom stereocenters. The number of rotatable bonds is 1. The van der Waals surface area contributed by atoms with Crippen LogP contribution in [0.25, 0.3) is 11.2 Å². The molecule has 3 heterocycles. The van der Waals surface area contributed by atoms with E-state index in [0.717, 1.165) is 34.8 Å². The van der Waals surface area contributed by atoms with Crippen molar-refractivity contribution < 1.29 is 0 Å². The van der Waals surface area contributed by atoms with Gasteiger partial charge in [0.15, 0.2) is 11.5 Å². The summed E-state index contributed by atoms with van der Waals surface area (Å²) in [4.78, 5) is 12.5. The summed E-state index contributed by atoms with van der Waals surface area (Å²) in [5.74, 6) is 1.56. The summed E-state index contributed by atoms with van der Waals surface area (Å²) in [6.07, 6.45) is 0.986. The van der Waals surface area contributed by atoms with Crippen molar-refractivity contribution in [3.63, 3.8) is 0 Å². The minimum atomic E-state index is 0.475. The highest BCUT2D eigenvalue weighted by Crippen LogP contribution is 2.27. The van der Waals surface area contributed by atoms with Gasteiger partial charge in [0.25, 0.3) is 0 Å². The van der Waals surface area contributed by atoms with E-state index in [9.17, 15) is 0 Å². The topological polar surface area (TPSA) is 53.6 Å². The molecule has 2 aromatic rings. The van der Waals surface area contributed by atoms with Crippen LogP contribution in [0.4, 0.5) is 5.82 Å². The van der Waals surface area contributed by atoms with Gasteiger partial charge in [0, 0.05) is 18.2 Å². The first-order valence-electron chi connectivity index (χ1n) is 5.76. The van der Waals surface area contributed by atoms with Gasteiger partial charge in [-0.3, -0.25) is 0 Å². The number of aromatic amines is 1. The Hall–Kier alpha value is -1.58. The van der Waals surface area contributed by atoms with E-state index in [1.54, 1.807) is 0 Å². The first-order valence-corrected chi connectivity index (χ1v) is 5.76. The fourth-order valence-corrected chi connectivity index (χ4v) is 2.20. The molecule has 4 heteroatoms. The van der Waals surface area contributed by atoms with Crippen molar-refractivity contribution >= 4 is 17.0 Å². The second-order valence-corrected chi connectivity index (χ2v) is 4.90. The maximum Gasteiger partial charge on any atom is 0.158 e. The van der Waals surface area contributed by atoms with E-state index in [-0.39, 0.29) is 0 Å². The molecule has 0 aromatic carbocycles. The van der Waals surface area contributed by atoms with Gasteiger partial charge in [0.1, 0.15) is 5.52 Å². The molecule has 2 N–H and O–H groups in total. The highest BCUT2D eigenvalue weighted by molar-refractivity contribution is 5.75. The molecule has 0 bridgehead atoms. The Morgan fingerprint density at radius 2 is 2.19 bits per heavy atom. The van der Waals surface area contributed by atoms with Crippen LogP contribution in [0.5, 0.6) is 0 Å². The van der Waals surface area contributed by atoms with Crippen molar-refractivity contribution in [2.75, 3.05) is 5.32 Å². The minimum Gasteiger partial charge on any atom is -0.365 e. The van der Waals surface area contributed by atoms with Gasteiger partial charge >= 0.3 is 0 Å². The van der Waals surface area contributed by atoms with Crippen molar-refractivity contribution in [1.82, 2.24) is 15.0 Å². The predicted molar refractivity (Wildman–Crippen MR) is 64.6 cm³/mol. The summed E-state index contributed by atoms with van der Waals surface area (Å²) in [5, 5.41) is 3.44. The molecule has 0 spiro atoms. The van der Waals surface area contributed by atoms with E-state index < -0.39 is 0 Å². The molecular formula is C12H16N4. The Bertz CT molecular complexity index is 498. The molecule has 0 saturated heterocycles. The number of hydrogen-bond donors (Lipinski definition) is 2. The second kappa shape index (κ2) is 3.20. The smallest absolute Gasteiger partial charge is 0.158 e. The molecule has 0 fully saturated rings. The number of anilines is 1. The van der Waals surface area contributed by atoms with Gasteiger partial charge < -0.3 is 10.3 Å². The second-order valence-electron chi connectivity index (χ2n) is 4.90. The van der Waals surface area contributed by atoms with E-state index in [1.165, 1.54) is 0 Å². The van der Waals surface area contributed by atoms with E-state index in [2.05, 4.69) is 34.1 Å². The first kappa shape index (κ1) is 9.63. The van der Waals surface area contributed by atoms with E-state index in [1.807, 2.05) is 13.0 Å². The summed E-state index contributed by atoms with van der Waals surface area (Å²) < 4.78 is 0. The first-order chi connectivity index (χ1) is 7.63. The standard InChI is InChI=1S/C12H16N4/c1-6(2)8-5-10-12(15-8)16-11-9(14-10)4-7(3)13-11/h4,6,8H,5H2,1-3H3,(H2,13,15,16). The van der Waals surface area contributed by atoms with Crippen LogP contribution in [-0.4, -0.2) is 21.0 Å². The predicted octanol–water partition coefficient (Wildman–Crippen LogP) is 2.26. The van der Waals surface area contributed by atoms with Crippen molar-refractivity contribution in [3.8, 4) is 0 Å². The molecule has 0 radical (unpaired) electrons. The molecule has 0 aliphatic carbocycles. The average molecular weight is 216 g/mol.